The molecule has 1 N–H and O–H groups in total. The fraction of sp³-hybridized carbons (Fsp3) is 0.846. The minimum atomic E-state index is 0.139. The number of aromatic nitrogens is 2. The highest BCUT2D eigenvalue weighted by Crippen LogP contribution is 2.09. The normalized spacial score (nSPS) is 13.2. The van der Waals surface area contributed by atoms with Crippen LogP contribution in [0.4, 0.5) is 0 Å². The van der Waals surface area contributed by atoms with Gasteiger partial charge in [0.25, 0.3) is 0 Å². The maximum absolute atomic E-state index is 5.28. The fourth-order valence-corrected chi connectivity index (χ4v) is 1.79. The lowest BCUT2D eigenvalue weighted by molar-refractivity contribution is 0.301. The van der Waals surface area contributed by atoms with E-state index in [1.165, 1.54) is 0 Å². The van der Waals surface area contributed by atoms with Crippen LogP contribution in [0, 0.1) is 0 Å². The number of hydrogen-bond donors (Lipinski definition) is 1. The Balaban J connectivity index is 2.42. The highest BCUT2D eigenvalue weighted by Gasteiger charge is 2.13. The Morgan fingerprint density at radius 1 is 1.28 bits per heavy atom. The average Bonchev–Trinajstić information content (AvgIpc) is 2.86. The van der Waals surface area contributed by atoms with E-state index in [1.54, 1.807) is 0 Å². The molecule has 0 saturated heterocycles. The Bertz CT molecular complexity index is 323. The summed E-state index contributed by atoms with van der Waals surface area (Å²) in [6.45, 7) is 12.6. The molecule has 1 heterocycles. The molecule has 0 bridgehead atoms. The van der Waals surface area contributed by atoms with Gasteiger partial charge in [-0.25, -0.2) is 0 Å². The zero-order valence-electron chi connectivity index (χ0n) is 12.1. The van der Waals surface area contributed by atoms with Crippen LogP contribution in [0.15, 0.2) is 4.52 Å². The van der Waals surface area contributed by atoms with Crippen LogP contribution >= 0.6 is 0 Å². The van der Waals surface area contributed by atoms with Gasteiger partial charge < -0.3 is 14.7 Å². The molecule has 0 fully saturated rings. The number of rotatable bonds is 9. The summed E-state index contributed by atoms with van der Waals surface area (Å²) < 4.78 is 5.28. The fourth-order valence-electron chi connectivity index (χ4n) is 1.79. The predicted molar refractivity (Wildman–Crippen MR) is 72.5 cm³/mol. The first-order chi connectivity index (χ1) is 8.71. The molecule has 5 heteroatoms. The summed E-state index contributed by atoms with van der Waals surface area (Å²) >= 11 is 0. The van der Waals surface area contributed by atoms with Gasteiger partial charge in [-0.1, -0.05) is 25.9 Å². The second-order valence-electron chi connectivity index (χ2n) is 4.50. The van der Waals surface area contributed by atoms with E-state index in [4.69, 9.17) is 4.52 Å². The van der Waals surface area contributed by atoms with Crippen LogP contribution < -0.4 is 5.32 Å². The molecule has 1 atom stereocenters. The van der Waals surface area contributed by atoms with Crippen molar-refractivity contribution in [1.29, 1.82) is 0 Å². The van der Waals surface area contributed by atoms with E-state index in [0.29, 0.717) is 5.89 Å². The number of hydrogen-bond acceptors (Lipinski definition) is 5. The first-order valence-corrected chi connectivity index (χ1v) is 6.99. The Kier molecular flexibility index (Phi) is 6.90. The van der Waals surface area contributed by atoms with Gasteiger partial charge in [-0.05, 0) is 33.0 Å². The van der Waals surface area contributed by atoms with Crippen molar-refractivity contribution in [3.8, 4) is 0 Å². The lowest BCUT2D eigenvalue weighted by Crippen LogP contribution is -2.25. The molecule has 0 aliphatic rings. The van der Waals surface area contributed by atoms with Crippen molar-refractivity contribution >= 4 is 0 Å². The lowest BCUT2D eigenvalue weighted by atomic mass is 10.3. The second-order valence-corrected chi connectivity index (χ2v) is 4.50. The monoisotopic (exact) mass is 254 g/mol. The van der Waals surface area contributed by atoms with Gasteiger partial charge in [0, 0.05) is 13.0 Å². The van der Waals surface area contributed by atoms with Crippen LogP contribution in [-0.2, 0) is 6.42 Å². The summed E-state index contributed by atoms with van der Waals surface area (Å²) in [5, 5.41) is 7.38. The van der Waals surface area contributed by atoms with Gasteiger partial charge in [-0.2, -0.15) is 4.98 Å². The first kappa shape index (κ1) is 15.1. The minimum absolute atomic E-state index is 0.139. The summed E-state index contributed by atoms with van der Waals surface area (Å²) in [5.41, 5.74) is 0. The maximum atomic E-state index is 5.28. The second kappa shape index (κ2) is 8.21. The molecule has 1 aromatic rings. The number of nitrogens with zero attached hydrogens (tertiary/aromatic N) is 3. The van der Waals surface area contributed by atoms with Gasteiger partial charge >= 0.3 is 0 Å². The molecule has 5 nitrogen and oxygen atoms in total. The number of nitrogens with one attached hydrogen (secondary N) is 1. The van der Waals surface area contributed by atoms with E-state index >= 15 is 0 Å². The molecule has 0 amide bonds. The number of likely N-dealkylation sites (N-methyl/N-ethyl adjacent to an activating group) is 1. The molecule has 1 rings (SSSR count). The summed E-state index contributed by atoms with van der Waals surface area (Å²) in [7, 11) is 0. The minimum Gasteiger partial charge on any atom is -0.338 e. The molecular formula is C13H26N4O. The predicted octanol–water partition coefficient (Wildman–Crippen LogP) is 2.01. The van der Waals surface area contributed by atoms with Crippen LogP contribution in [0.25, 0.3) is 0 Å². The zero-order valence-corrected chi connectivity index (χ0v) is 12.1. The van der Waals surface area contributed by atoms with Gasteiger partial charge in [-0.3, -0.25) is 0 Å². The van der Waals surface area contributed by atoms with E-state index in [1.807, 2.05) is 0 Å². The van der Waals surface area contributed by atoms with Crippen LogP contribution in [0.5, 0.6) is 0 Å². The summed E-state index contributed by atoms with van der Waals surface area (Å²) in [6, 6.07) is 0.139. The molecule has 0 saturated carbocycles. The largest absolute Gasteiger partial charge is 0.338 e. The van der Waals surface area contributed by atoms with Gasteiger partial charge in [0.15, 0.2) is 5.82 Å². The summed E-state index contributed by atoms with van der Waals surface area (Å²) in [6.07, 6.45) is 1.96. The average molecular weight is 254 g/mol. The third-order valence-electron chi connectivity index (χ3n) is 3.10. The van der Waals surface area contributed by atoms with Crippen LogP contribution in [-0.4, -0.2) is 41.2 Å². The molecule has 0 aromatic carbocycles. The molecule has 1 unspecified atom stereocenters. The Morgan fingerprint density at radius 3 is 2.61 bits per heavy atom. The topological polar surface area (TPSA) is 54.2 Å². The van der Waals surface area contributed by atoms with E-state index in [0.717, 1.165) is 44.8 Å². The van der Waals surface area contributed by atoms with Gasteiger partial charge in [-0.15, -0.1) is 0 Å². The van der Waals surface area contributed by atoms with Gasteiger partial charge in [0.2, 0.25) is 5.89 Å². The van der Waals surface area contributed by atoms with Gasteiger partial charge in [0.1, 0.15) is 0 Å². The smallest absolute Gasteiger partial charge is 0.243 e. The van der Waals surface area contributed by atoms with Crippen LogP contribution in [0.1, 0.15) is 51.9 Å². The lowest BCUT2D eigenvalue weighted by Gasteiger charge is -2.16. The molecule has 0 aliphatic heterocycles. The molecule has 1 aromatic heterocycles. The third kappa shape index (κ3) is 4.74. The Labute approximate surface area is 110 Å². The molecule has 104 valence electrons. The van der Waals surface area contributed by atoms with E-state index in [-0.39, 0.29) is 6.04 Å². The summed E-state index contributed by atoms with van der Waals surface area (Å²) in [4.78, 5) is 6.79. The van der Waals surface area contributed by atoms with Crippen molar-refractivity contribution in [1.82, 2.24) is 20.4 Å². The van der Waals surface area contributed by atoms with Crippen LogP contribution in [0.2, 0.25) is 0 Å². The van der Waals surface area contributed by atoms with E-state index in [2.05, 4.69) is 48.1 Å². The maximum Gasteiger partial charge on any atom is 0.243 e. The Morgan fingerprint density at radius 2 is 2.00 bits per heavy atom. The zero-order chi connectivity index (χ0) is 13.4. The SMILES string of the molecule is CCCNC(C)c1nc(CCN(CC)CC)no1. The molecule has 0 spiro atoms. The van der Waals surface area contributed by atoms with Crippen molar-refractivity contribution in [2.45, 2.75) is 46.6 Å². The van der Waals surface area contributed by atoms with Crippen molar-refractivity contribution < 1.29 is 4.52 Å². The van der Waals surface area contributed by atoms with Crippen molar-refractivity contribution in [2.75, 3.05) is 26.2 Å². The molecule has 18 heavy (non-hydrogen) atoms. The standard InChI is InChI=1S/C13H26N4O/c1-5-9-14-11(4)13-15-12(16-18-13)8-10-17(6-2)7-3/h11,14H,5-10H2,1-4H3. The van der Waals surface area contributed by atoms with Crippen LogP contribution in [0.3, 0.4) is 0 Å². The Hall–Kier alpha value is -0.940. The van der Waals surface area contributed by atoms with Gasteiger partial charge in [0.05, 0.1) is 6.04 Å². The molecular weight excluding hydrogens is 228 g/mol. The molecule has 0 aliphatic carbocycles. The van der Waals surface area contributed by atoms with Crippen molar-refractivity contribution in [2.24, 2.45) is 0 Å². The first-order valence-electron chi connectivity index (χ1n) is 6.99. The van der Waals surface area contributed by atoms with E-state index in [9.17, 15) is 0 Å². The highest BCUT2D eigenvalue weighted by atomic mass is 16.5. The quantitative estimate of drug-likeness (QED) is 0.730. The van der Waals surface area contributed by atoms with Crippen molar-refractivity contribution in [3.05, 3.63) is 11.7 Å². The van der Waals surface area contributed by atoms with Crippen molar-refractivity contribution in [3.63, 3.8) is 0 Å². The molecule has 0 radical (unpaired) electrons. The highest BCUT2D eigenvalue weighted by molar-refractivity contribution is 4.92. The summed E-state index contributed by atoms with van der Waals surface area (Å²) in [5.74, 6) is 1.50. The third-order valence-corrected chi connectivity index (χ3v) is 3.10. The van der Waals surface area contributed by atoms with E-state index < -0.39 is 0 Å².